The van der Waals surface area contributed by atoms with E-state index in [1.54, 1.807) is 25.3 Å². The van der Waals surface area contributed by atoms with E-state index in [1.807, 2.05) is 6.07 Å². The van der Waals surface area contributed by atoms with Crippen LogP contribution in [0.5, 0.6) is 0 Å². The Balaban J connectivity index is 2.16. The number of aromatic amines is 1. The number of benzene rings is 1. The molecule has 92 valence electrons. The largest absolute Gasteiger partial charge is 0.399 e. The summed E-state index contributed by atoms with van der Waals surface area (Å²) in [6.45, 7) is 2.33. The number of amides is 1. The fourth-order valence-electron chi connectivity index (χ4n) is 1.78. The first kappa shape index (κ1) is 12.1. The number of hydrogen-bond donors (Lipinski definition) is 3. The zero-order chi connectivity index (χ0) is 13.0. The maximum absolute atomic E-state index is 12.0. The van der Waals surface area contributed by atoms with E-state index >= 15 is 0 Å². The van der Waals surface area contributed by atoms with Gasteiger partial charge in [-0.05, 0) is 25.1 Å². The molecule has 4 nitrogen and oxygen atoms in total. The summed E-state index contributed by atoms with van der Waals surface area (Å²) in [7, 11) is 0. The summed E-state index contributed by atoms with van der Waals surface area (Å²) in [5.41, 5.74) is 7.89. The van der Waals surface area contributed by atoms with Gasteiger partial charge in [0.05, 0.1) is 5.56 Å². The van der Waals surface area contributed by atoms with Gasteiger partial charge in [-0.3, -0.25) is 4.79 Å². The minimum Gasteiger partial charge on any atom is -0.399 e. The van der Waals surface area contributed by atoms with Gasteiger partial charge >= 0.3 is 0 Å². The third-order valence-electron chi connectivity index (χ3n) is 2.66. The number of hydrogen-bond acceptors (Lipinski definition) is 2. The quantitative estimate of drug-likeness (QED) is 0.436. The lowest BCUT2D eigenvalue weighted by Gasteiger charge is -2.02. The topological polar surface area (TPSA) is 70.9 Å². The van der Waals surface area contributed by atoms with Crippen LogP contribution >= 0.6 is 0 Å². The Bertz CT molecular complexity index is 631. The number of nitrogens with one attached hydrogen (secondary N) is 2. The van der Waals surface area contributed by atoms with Crippen molar-refractivity contribution in [2.75, 3.05) is 12.3 Å². The van der Waals surface area contributed by atoms with Crippen molar-refractivity contribution in [3.63, 3.8) is 0 Å². The van der Waals surface area contributed by atoms with Gasteiger partial charge in [-0.25, -0.2) is 0 Å². The second-order valence-electron chi connectivity index (χ2n) is 3.94. The molecule has 1 amide bonds. The predicted octanol–water partition coefficient (Wildman–Crippen LogP) is 1.89. The number of nitrogens with two attached hydrogens (primary N) is 1. The van der Waals surface area contributed by atoms with Gasteiger partial charge in [0.25, 0.3) is 5.91 Å². The number of rotatable bonds is 3. The molecule has 0 saturated carbocycles. The summed E-state index contributed by atoms with van der Waals surface area (Å²) >= 11 is 0. The first-order valence-corrected chi connectivity index (χ1v) is 5.77. The Kier molecular flexibility index (Phi) is 3.54. The van der Waals surface area contributed by atoms with Crippen molar-refractivity contribution in [2.24, 2.45) is 0 Å². The average molecular weight is 241 g/mol. The van der Waals surface area contributed by atoms with Crippen molar-refractivity contribution in [2.45, 2.75) is 13.3 Å². The second kappa shape index (κ2) is 5.28. The second-order valence-corrected chi connectivity index (χ2v) is 3.94. The van der Waals surface area contributed by atoms with Gasteiger partial charge in [0, 0.05) is 35.8 Å². The van der Waals surface area contributed by atoms with E-state index in [-0.39, 0.29) is 5.91 Å². The van der Waals surface area contributed by atoms with E-state index in [1.165, 1.54) is 0 Å². The Hall–Kier alpha value is -2.41. The Morgan fingerprint density at radius 1 is 1.50 bits per heavy atom. The minimum absolute atomic E-state index is 0.107. The van der Waals surface area contributed by atoms with Crippen LogP contribution in [0.3, 0.4) is 0 Å². The lowest BCUT2D eigenvalue weighted by molar-refractivity contribution is 0.0956. The molecule has 0 aliphatic heterocycles. The number of aromatic nitrogens is 1. The maximum Gasteiger partial charge on any atom is 0.253 e. The van der Waals surface area contributed by atoms with Crippen LogP contribution in [0.1, 0.15) is 23.7 Å². The van der Waals surface area contributed by atoms with E-state index in [9.17, 15) is 4.79 Å². The highest BCUT2D eigenvalue weighted by molar-refractivity contribution is 6.07. The van der Waals surface area contributed by atoms with Crippen LogP contribution in [0.4, 0.5) is 5.69 Å². The van der Waals surface area contributed by atoms with Crippen LogP contribution < -0.4 is 11.1 Å². The van der Waals surface area contributed by atoms with Crippen molar-refractivity contribution in [3.8, 4) is 11.8 Å². The average Bonchev–Trinajstić information content (AvgIpc) is 2.77. The first-order chi connectivity index (χ1) is 8.72. The van der Waals surface area contributed by atoms with Crippen molar-refractivity contribution >= 4 is 22.5 Å². The van der Waals surface area contributed by atoms with Gasteiger partial charge < -0.3 is 16.0 Å². The fourth-order valence-corrected chi connectivity index (χ4v) is 1.78. The fraction of sp³-hybridized carbons (Fsp3) is 0.214. The molecule has 1 aromatic carbocycles. The molecule has 0 saturated heterocycles. The van der Waals surface area contributed by atoms with Crippen molar-refractivity contribution in [3.05, 3.63) is 30.0 Å². The van der Waals surface area contributed by atoms with Crippen LogP contribution in [-0.2, 0) is 0 Å². The zero-order valence-electron chi connectivity index (χ0n) is 10.2. The van der Waals surface area contributed by atoms with E-state index in [0.29, 0.717) is 24.2 Å². The van der Waals surface area contributed by atoms with Gasteiger partial charge in [0.15, 0.2) is 0 Å². The summed E-state index contributed by atoms with van der Waals surface area (Å²) < 4.78 is 0. The van der Waals surface area contributed by atoms with Gasteiger partial charge in [0.2, 0.25) is 0 Å². The van der Waals surface area contributed by atoms with E-state index < -0.39 is 0 Å². The molecule has 1 heterocycles. The molecule has 2 aromatic rings. The smallest absolute Gasteiger partial charge is 0.253 e. The molecule has 0 unspecified atom stereocenters. The summed E-state index contributed by atoms with van der Waals surface area (Å²) in [5.74, 6) is 5.59. The van der Waals surface area contributed by atoms with Gasteiger partial charge in [-0.2, -0.15) is 0 Å². The molecule has 1 aromatic heterocycles. The molecular weight excluding hydrogens is 226 g/mol. The summed E-state index contributed by atoms with van der Waals surface area (Å²) in [6, 6.07) is 5.47. The molecule has 0 aliphatic rings. The molecule has 0 bridgehead atoms. The number of carbonyl (C=O) groups is 1. The van der Waals surface area contributed by atoms with Crippen LogP contribution in [0.25, 0.3) is 10.9 Å². The number of H-pyrrole nitrogens is 1. The monoisotopic (exact) mass is 241 g/mol. The number of nitrogen functional groups attached to an aromatic ring is 1. The molecule has 0 spiro atoms. The Morgan fingerprint density at radius 2 is 2.33 bits per heavy atom. The van der Waals surface area contributed by atoms with Crippen LogP contribution in [0.15, 0.2) is 24.4 Å². The van der Waals surface area contributed by atoms with Crippen molar-refractivity contribution in [1.82, 2.24) is 10.3 Å². The van der Waals surface area contributed by atoms with E-state index in [0.717, 1.165) is 10.9 Å². The van der Waals surface area contributed by atoms with Gasteiger partial charge in [-0.15, -0.1) is 11.8 Å². The highest BCUT2D eigenvalue weighted by atomic mass is 16.1. The normalized spacial score (nSPS) is 9.83. The third kappa shape index (κ3) is 2.46. The molecule has 4 heteroatoms. The highest BCUT2D eigenvalue weighted by Gasteiger charge is 2.11. The summed E-state index contributed by atoms with van der Waals surface area (Å²) in [6.07, 6.45) is 2.36. The summed E-state index contributed by atoms with van der Waals surface area (Å²) in [4.78, 5) is 15.0. The van der Waals surface area contributed by atoms with Crippen molar-refractivity contribution in [1.29, 1.82) is 0 Å². The van der Waals surface area contributed by atoms with E-state index in [2.05, 4.69) is 22.1 Å². The predicted molar refractivity (Wildman–Crippen MR) is 73.1 cm³/mol. The zero-order valence-corrected chi connectivity index (χ0v) is 10.2. The lowest BCUT2D eigenvalue weighted by atomic mass is 10.1. The molecule has 0 atom stereocenters. The van der Waals surface area contributed by atoms with Gasteiger partial charge in [0.1, 0.15) is 0 Å². The lowest BCUT2D eigenvalue weighted by Crippen LogP contribution is -2.23. The maximum atomic E-state index is 12.0. The van der Waals surface area contributed by atoms with Crippen LogP contribution in [0, 0.1) is 11.8 Å². The SMILES string of the molecule is CC#CCCNC(=O)c1c[nH]c2ccc(N)cc12. The van der Waals surface area contributed by atoms with E-state index in [4.69, 9.17) is 5.73 Å². The van der Waals surface area contributed by atoms with Crippen LogP contribution in [0.2, 0.25) is 0 Å². The molecular formula is C14H15N3O. The standard InChI is InChI=1S/C14H15N3O/c1-2-3-4-7-16-14(18)12-9-17-13-6-5-10(15)8-11(12)13/h5-6,8-9,17H,4,7,15H2,1H3,(H,16,18). The number of carbonyl (C=O) groups excluding carboxylic acids is 1. The third-order valence-corrected chi connectivity index (χ3v) is 2.66. The van der Waals surface area contributed by atoms with Crippen molar-refractivity contribution < 1.29 is 4.79 Å². The summed E-state index contributed by atoms with van der Waals surface area (Å²) in [5, 5.41) is 3.67. The Labute approximate surface area is 106 Å². The number of fused-ring (bicyclic) bond motifs is 1. The Morgan fingerprint density at radius 3 is 3.11 bits per heavy atom. The molecule has 0 fully saturated rings. The minimum atomic E-state index is -0.107. The molecule has 2 rings (SSSR count). The first-order valence-electron chi connectivity index (χ1n) is 5.77. The van der Waals surface area contributed by atoms with Crippen LogP contribution in [-0.4, -0.2) is 17.4 Å². The highest BCUT2D eigenvalue weighted by Crippen LogP contribution is 2.20. The number of anilines is 1. The molecule has 18 heavy (non-hydrogen) atoms. The molecule has 0 aliphatic carbocycles. The van der Waals surface area contributed by atoms with Gasteiger partial charge in [-0.1, -0.05) is 0 Å². The molecule has 0 radical (unpaired) electrons. The molecule has 4 N–H and O–H groups in total.